The highest BCUT2D eigenvalue weighted by Crippen LogP contribution is 2.29. The largest absolute Gasteiger partial charge is 0.494 e. The van der Waals surface area contributed by atoms with Crippen molar-refractivity contribution in [2.45, 2.75) is 25.4 Å². The van der Waals surface area contributed by atoms with Crippen LogP contribution in [0.2, 0.25) is 0 Å². The summed E-state index contributed by atoms with van der Waals surface area (Å²) in [6.07, 6.45) is -0.646. The minimum Gasteiger partial charge on any atom is -0.494 e. The summed E-state index contributed by atoms with van der Waals surface area (Å²) in [6.45, 7) is 0.723. The van der Waals surface area contributed by atoms with Gasteiger partial charge in [0.05, 0.1) is 4.88 Å². The highest BCUT2D eigenvalue weighted by Gasteiger charge is 2.25. The molecule has 148 valence electrons. The number of rotatable bonds is 7. The average molecular weight is 407 g/mol. The summed E-state index contributed by atoms with van der Waals surface area (Å²) in [4.78, 5) is 13.8. The topological polar surface area (TPSA) is 82.5 Å². The second-order valence-corrected chi connectivity index (χ2v) is 7.52. The first-order valence-corrected chi connectivity index (χ1v) is 9.33. The minimum absolute atomic E-state index is 0.0850. The van der Waals surface area contributed by atoms with Crippen molar-refractivity contribution in [2.24, 2.45) is 0 Å². The smallest absolute Gasteiger partial charge is 0.307 e. The van der Waals surface area contributed by atoms with Crippen LogP contribution >= 0.6 is 11.3 Å². The van der Waals surface area contributed by atoms with Crippen LogP contribution in [0.15, 0.2) is 53.3 Å². The predicted octanol–water partition coefficient (Wildman–Crippen LogP) is 3.96. The number of aromatic nitrogens is 1. The zero-order valence-corrected chi connectivity index (χ0v) is 15.8. The maximum absolute atomic E-state index is 13.4. The number of aliphatic hydroxyl groups is 1. The van der Waals surface area contributed by atoms with Gasteiger partial charge in [-0.25, -0.2) is 8.78 Å². The van der Waals surface area contributed by atoms with E-state index in [9.17, 15) is 23.8 Å². The standard InChI is InChI=1S/C20H19F2NO4S/c1-20(21,22)14-4-2-3-13(10-14)16(24)11-27-15-7-5-12(6-8-15)9-17-18(25)23-19(26)28-17/h2-8,10,16,24-25H,9,11H2,1H3,(H,23,26). The zero-order valence-electron chi connectivity index (χ0n) is 15.0. The summed E-state index contributed by atoms with van der Waals surface area (Å²) in [5.74, 6) is -2.60. The van der Waals surface area contributed by atoms with Gasteiger partial charge in [-0.05, 0) is 29.3 Å². The Morgan fingerprint density at radius 1 is 1.21 bits per heavy atom. The van der Waals surface area contributed by atoms with Gasteiger partial charge in [0.1, 0.15) is 18.5 Å². The highest BCUT2D eigenvalue weighted by molar-refractivity contribution is 7.09. The van der Waals surface area contributed by atoms with Crippen molar-refractivity contribution in [3.05, 3.63) is 79.8 Å². The minimum atomic E-state index is -2.98. The molecule has 0 saturated carbocycles. The van der Waals surface area contributed by atoms with Crippen LogP contribution in [0.4, 0.5) is 8.78 Å². The Kier molecular flexibility index (Phi) is 5.81. The van der Waals surface area contributed by atoms with Gasteiger partial charge in [0.15, 0.2) is 0 Å². The number of aromatic amines is 1. The van der Waals surface area contributed by atoms with Crippen molar-refractivity contribution in [3.8, 4) is 11.6 Å². The van der Waals surface area contributed by atoms with E-state index in [1.165, 1.54) is 18.2 Å². The Bertz CT molecular complexity index is 992. The normalized spacial score (nSPS) is 12.7. The number of aliphatic hydroxyl groups excluding tert-OH is 1. The number of H-pyrrole nitrogens is 1. The van der Waals surface area contributed by atoms with Crippen LogP contribution in [-0.2, 0) is 12.3 Å². The molecule has 0 aliphatic heterocycles. The zero-order chi connectivity index (χ0) is 20.3. The summed E-state index contributed by atoms with van der Waals surface area (Å²) in [5.41, 5.74) is 1.06. The Morgan fingerprint density at radius 3 is 2.54 bits per heavy atom. The van der Waals surface area contributed by atoms with E-state index >= 15 is 0 Å². The molecule has 5 nitrogen and oxygen atoms in total. The Balaban J connectivity index is 1.60. The second-order valence-electron chi connectivity index (χ2n) is 6.45. The maximum atomic E-state index is 13.4. The Morgan fingerprint density at radius 2 is 1.93 bits per heavy atom. The van der Waals surface area contributed by atoms with Gasteiger partial charge in [-0.1, -0.05) is 41.7 Å². The van der Waals surface area contributed by atoms with Crippen LogP contribution in [-0.4, -0.2) is 21.8 Å². The second kappa shape index (κ2) is 8.12. The summed E-state index contributed by atoms with van der Waals surface area (Å²) >= 11 is 0.949. The van der Waals surface area contributed by atoms with Gasteiger partial charge >= 0.3 is 4.87 Å². The third-order valence-corrected chi connectivity index (χ3v) is 5.05. The third-order valence-electron chi connectivity index (χ3n) is 4.17. The lowest BCUT2D eigenvalue weighted by Crippen LogP contribution is -2.12. The van der Waals surface area contributed by atoms with E-state index in [1.807, 2.05) is 0 Å². The first-order chi connectivity index (χ1) is 13.2. The van der Waals surface area contributed by atoms with Gasteiger partial charge in [0.25, 0.3) is 5.92 Å². The highest BCUT2D eigenvalue weighted by atomic mass is 32.1. The first-order valence-electron chi connectivity index (χ1n) is 8.51. The molecule has 0 aliphatic rings. The molecule has 0 saturated heterocycles. The fraction of sp³-hybridized carbons (Fsp3) is 0.250. The molecule has 1 unspecified atom stereocenters. The SMILES string of the molecule is CC(F)(F)c1cccc(C(O)COc2ccc(Cc3sc(=O)[nH]c3O)cc2)c1. The number of hydrogen-bond donors (Lipinski definition) is 3. The summed E-state index contributed by atoms with van der Waals surface area (Å²) < 4.78 is 32.4. The lowest BCUT2D eigenvalue weighted by Gasteiger charge is -2.16. The molecule has 0 fully saturated rings. The quantitative estimate of drug-likeness (QED) is 0.554. The van der Waals surface area contributed by atoms with Crippen LogP contribution < -0.4 is 9.61 Å². The van der Waals surface area contributed by atoms with Crippen molar-refractivity contribution in [2.75, 3.05) is 6.61 Å². The number of aromatic hydroxyl groups is 1. The van der Waals surface area contributed by atoms with E-state index in [0.29, 0.717) is 22.6 Å². The molecule has 0 radical (unpaired) electrons. The number of benzene rings is 2. The molecule has 28 heavy (non-hydrogen) atoms. The third kappa shape index (κ3) is 4.96. The lowest BCUT2D eigenvalue weighted by atomic mass is 10.0. The number of thiazole rings is 1. The van der Waals surface area contributed by atoms with E-state index in [2.05, 4.69) is 4.98 Å². The van der Waals surface area contributed by atoms with E-state index in [4.69, 9.17) is 4.74 Å². The van der Waals surface area contributed by atoms with E-state index < -0.39 is 12.0 Å². The van der Waals surface area contributed by atoms with Crippen molar-refractivity contribution in [1.82, 2.24) is 4.98 Å². The molecule has 1 atom stereocenters. The van der Waals surface area contributed by atoms with Gasteiger partial charge in [0.2, 0.25) is 5.88 Å². The molecule has 8 heteroatoms. The maximum Gasteiger partial charge on any atom is 0.307 e. The average Bonchev–Trinajstić information content (AvgIpc) is 2.97. The molecule has 3 rings (SSSR count). The molecular formula is C20H19F2NO4S. The van der Waals surface area contributed by atoms with Crippen molar-refractivity contribution >= 4 is 11.3 Å². The van der Waals surface area contributed by atoms with Crippen LogP contribution in [0, 0.1) is 0 Å². The first kappa shape index (κ1) is 20.0. The Labute approximate surface area is 163 Å². The number of ether oxygens (including phenoxy) is 1. The van der Waals surface area contributed by atoms with Crippen molar-refractivity contribution < 1.29 is 23.7 Å². The molecule has 3 aromatic rings. The monoisotopic (exact) mass is 407 g/mol. The van der Waals surface area contributed by atoms with Gasteiger partial charge in [-0.15, -0.1) is 0 Å². The number of nitrogens with one attached hydrogen (secondary N) is 1. The fourth-order valence-electron chi connectivity index (χ4n) is 2.65. The van der Waals surface area contributed by atoms with Crippen LogP contribution in [0.5, 0.6) is 11.6 Å². The molecule has 0 bridgehead atoms. The Hall–Kier alpha value is -2.71. The van der Waals surface area contributed by atoms with Gasteiger partial charge in [0, 0.05) is 18.9 Å². The lowest BCUT2D eigenvalue weighted by molar-refractivity contribution is 0.0170. The van der Waals surface area contributed by atoms with E-state index in [0.717, 1.165) is 23.8 Å². The van der Waals surface area contributed by atoms with Gasteiger partial charge < -0.3 is 14.9 Å². The fourth-order valence-corrected chi connectivity index (χ4v) is 3.41. The van der Waals surface area contributed by atoms with Crippen LogP contribution in [0.1, 0.15) is 34.6 Å². The molecule has 0 aliphatic carbocycles. The molecule has 0 spiro atoms. The molecule has 2 aromatic carbocycles. The molecule has 3 N–H and O–H groups in total. The van der Waals surface area contributed by atoms with Crippen molar-refractivity contribution in [3.63, 3.8) is 0 Å². The van der Waals surface area contributed by atoms with Gasteiger partial charge in [-0.2, -0.15) is 0 Å². The molecule has 1 heterocycles. The summed E-state index contributed by atoms with van der Waals surface area (Å²) in [5, 5.41) is 19.9. The van der Waals surface area contributed by atoms with Crippen molar-refractivity contribution in [1.29, 1.82) is 0 Å². The summed E-state index contributed by atoms with van der Waals surface area (Å²) in [6, 6.07) is 12.6. The molecule has 0 amide bonds. The number of alkyl halides is 2. The van der Waals surface area contributed by atoms with Crippen LogP contribution in [0.25, 0.3) is 0 Å². The summed E-state index contributed by atoms with van der Waals surface area (Å²) in [7, 11) is 0. The number of halogens is 2. The van der Waals surface area contributed by atoms with Gasteiger partial charge in [-0.3, -0.25) is 9.78 Å². The molecule has 1 aromatic heterocycles. The predicted molar refractivity (Wildman–Crippen MR) is 102 cm³/mol. The molecular weight excluding hydrogens is 388 g/mol. The number of hydrogen-bond acceptors (Lipinski definition) is 5. The van der Waals surface area contributed by atoms with Crippen LogP contribution in [0.3, 0.4) is 0 Å². The van der Waals surface area contributed by atoms with E-state index in [-0.39, 0.29) is 22.9 Å². The van der Waals surface area contributed by atoms with E-state index in [1.54, 1.807) is 30.3 Å².